The Morgan fingerprint density at radius 3 is 2.27 bits per heavy atom. The molecule has 0 aromatic rings. The summed E-state index contributed by atoms with van der Waals surface area (Å²) in [4.78, 5) is 0. The van der Waals surface area contributed by atoms with Crippen molar-refractivity contribution >= 4 is 0 Å². The maximum Gasteiger partial charge on any atom is 0.133 e. The first-order valence-electron chi connectivity index (χ1n) is 4.00. The van der Waals surface area contributed by atoms with Crippen molar-refractivity contribution < 1.29 is 0 Å². The van der Waals surface area contributed by atoms with Gasteiger partial charge in [-0.05, 0) is 12.8 Å². The van der Waals surface area contributed by atoms with Gasteiger partial charge in [0.1, 0.15) is 6.67 Å². The molecule has 64 valence electrons. The lowest BCUT2D eigenvalue weighted by Crippen LogP contribution is -2.40. The minimum absolute atomic E-state index is 0.436. The summed E-state index contributed by atoms with van der Waals surface area (Å²) in [6.07, 6.45) is 0. The number of hydrazine groups is 1. The summed E-state index contributed by atoms with van der Waals surface area (Å²) in [5.74, 6) is 0.606. The zero-order valence-corrected chi connectivity index (χ0v) is 7.65. The fraction of sp³-hybridized carbons (Fsp3) is 1.00. The number of hydrogen-bond donors (Lipinski definition) is 0. The van der Waals surface area contributed by atoms with Crippen LogP contribution in [0.25, 0.3) is 0 Å². The predicted octanol–water partition coefficient (Wildman–Crippen LogP) is 1.52. The summed E-state index contributed by atoms with van der Waals surface area (Å²) in [5.41, 5.74) is 0. The molecule has 1 heterocycles. The van der Waals surface area contributed by atoms with Crippen molar-refractivity contribution in [2.45, 2.75) is 26.8 Å². The van der Waals surface area contributed by atoms with Crippen LogP contribution in [0.2, 0.25) is 0 Å². The summed E-state index contributed by atoms with van der Waals surface area (Å²) in [7, 11) is 2.00. The Kier molecular flexibility index (Phi) is 2.44. The molecule has 1 rings (SSSR count). The van der Waals surface area contributed by atoms with Crippen LogP contribution in [-0.4, -0.2) is 29.9 Å². The lowest BCUT2D eigenvalue weighted by molar-refractivity contribution is -0.0187. The maximum absolute atomic E-state index is 4.02. The standard InChI is InChI=1S/C7H16N4/c1-6(2)7(3)11-9-8-5-10(11)4/h6-7H,5H2,1-4H3. The van der Waals surface area contributed by atoms with Crippen LogP contribution >= 0.6 is 0 Å². The van der Waals surface area contributed by atoms with Crippen molar-refractivity contribution in [2.24, 2.45) is 16.3 Å². The third-order valence-electron chi connectivity index (χ3n) is 2.10. The van der Waals surface area contributed by atoms with Gasteiger partial charge in [0.2, 0.25) is 0 Å². The Labute approximate surface area is 67.8 Å². The molecule has 0 saturated heterocycles. The molecule has 0 aliphatic carbocycles. The van der Waals surface area contributed by atoms with Gasteiger partial charge < -0.3 is 0 Å². The van der Waals surface area contributed by atoms with E-state index in [1.807, 2.05) is 17.2 Å². The third-order valence-corrected chi connectivity index (χ3v) is 2.10. The van der Waals surface area contributed by atoms with Crippen LogP contribution < -0.4 is 0 Å². The van der Waals surface area contributed by atoms with Crippen LogP contribution in [0.4, 0.5) is 0 Å². The molecular formula is C7H16N4. The quantitative estimate of drug-likeness (QED) is 0.607. The molecule has 0 saturated carbocycles. The van der Waals surface area contributed by atoms with E-state index in [1.54, 1.807) is 0 Å². The van der Waals surface area contributed by atoms with E-state index < -0.39 is 0 Å². The Morgan fingerprint density at radius 2 is 1.91 bits per heavy atom. The number of rotatable bonds is 2. The molecule has 0 N–H and O–H groups in total. The lowest BCUT2D eigenvalue weighted by atomic mass is 10.1. The highest BCUT2D eigenvalue weighted by molar-refractivity contribution is 4.65. The van der Waals surface area contributed by atoms with Crippen LogP contribution in [0.3, 0.4) is 0 Å². The zero-order valence-electron chi connectivity index (χ0n) is 7.65. The minimum Gasteiger partial charge on any atom is -0.204 e. The SMILES string of the molecule is CC(C)C(C)N1N=NCN1C. The fourth-order valence-corrected chi connectivity index (χ4v) is 0.977. The van der Waals surface area contributed by atoms with Gasteiger partial charge in [0.05, 0.1) is 6.04 Å². The minimum atomic E-state index is 0.436. The molecule has 4 heteroatoms. The highest BCUT2D eigenvalue weighted by Crippen LogP contribution is 2.16. The molecule has 0 aromatic carbocycles. The zero-order chi connectivity index (χ0) is 8.43. The average molecular weight is 156 g/mol. The monoisotopic (exact) mass is 156 g/mol. The molecule has 11 heavy (non-hydrogen) atoms. The van der Waals surface area contributed by atoms with Gasteiger partial charge in [-0.25, -0.2) is 5.12 Å². The van der Waals surface area contributed by atoms with Gasteiger partial charge in [0.15, 0.2) is 0 Å². The molecule has 1 aliphatic heterocycles. The van der Waals surface area contributed by atoms with Gasteiger partial charge >= 0.3 is 0 Å². The molecule has 4 nitrogen and oxygen atoms in total. The Hall–Kier alpha value is -0.640. The largest absolute Gasteiger partial charge is 0.204 e. The van der Waals surface area contributed by atoms with E-state index in [4.69, 9.17) is 0 Å². The molecule has 0 amide bonds. The first kappa shape index (κ1) is 8.46. The van der Waals surface area contributed by atoms with Crippen molar-refractivity contribution in [1.82, 2.24) is 10.1 Å². The second kappa shape index (κ2) is 3.17. The maximum atomic E-state index is 4.02. The van der Waals surface area contributed by atoms with Gasteiger partial charge in [-0.2, -0.15) is 10.1 Å². The van der Waals surface area contributed by atoms with Crippen molar-refractivity contribution in [3.63, 3.8) is 0 Å². The van der Waals surface area contributed by atoms with E-state index in [9.17, 15) is 0 Å². The average Bonchev–Trinajstić information content (AvgIpc) is 2.33. The Bertz CT molecular complexity index is 155. The Balaban J connectivity index is 2.52. The van der Waals surface area contributed by atoms with Crippen molar-refractivity contribution in [3.8, 4) is 0 Å². The van der Waals surface area contributed by atoms with E-state index >= 15 is 0 Å². The van der Waals surface area contributed by atoms with Crippen molar-refractivity contribution in [3.05, 3.63) is 0 Å². The smallest absolute Gasteiger partial charge is 0.133 e. The Morgan fingerprint density at radius 1 is 1.27 bits per heavy atom. The molecule has 0 spiro atoms. The summed E-state index contributed by atoms with van der Waals surface area (Å²) in [6, 6.07) is 0.436. The van der Waals surface area contributed by atoms with Crippen LogP contribution in [0.5, 0.6) is 0 Å². The number of nitrogens with zero attached hydrogens (tertiary/aromatic N) is 4. The molecule has 1 unspecified atom stereocenters. The molecular weight excluding hydrogens is 140 g/mol. The van der Waals surface area contributed by atoms with Gasteiger partial charge in [-0.3, -0.25) is 0 Å². The molecule has 0 bridgehead atoms. The summed E-state index contributed by atoms with van der Waals surface area (Å²) >= 11 is 0. The van der Waals surface area contributed by atoms with E-state index in [1.165, 1.54) is 0 Å². The first-order chi connectivity index (χ1) is 5.13. The van der Waals surface area contributed by atoms with E-state index in [0.717, 1.165) is 0 Å². The molecule has 1 aliphatic rings. The number of hydrogen-bond acceptors (Lipinski definition) is 4. The van der Waals surface area contributed by atoms with E-state index in [2.05, 4.69) is 31.1 Å². The predicted molar refractivity (Wildman–Crippen MR) is 43.6 cm³/mol. The third kappa shape index (κ3) is 1.68. The second-order valence-electron chi connectivity index (χ2n) is 3.33. The molecule has 0 fully saturated rings. The second-order valence-corrected chi connectivity index (χ2v) is 3.33. The first-order valence-corrected chi connectivity index (χ1v) is 4.00. The molecule has 0 aromatic heterocycles. The van der Waals surface area contributed by atoms with E-state index in [-0.39, 0.29) is 0 Å². The van der Waals surface area contributed by atoms with Gasteiger partial charge in [0, 0.05) is 7.05 Å². The fourth-order valence-electron chi connectivity index (χ4n) is 0.977. The topological polar surface area (TPSA) is 31.2 Å². The van der Waals surface area contributed by atoms with Crippen LogP contribution in [-0.2, 0) is 0 Å². The summed E-state index contributed by atoms with van der Waals surface area (Å²) in [5, 5.41) is 11.9. The van der Waals surface area contributed by atoms with E-state index in [0.29, 0.717) is 18.6 Å². The summed E-state index contributed by atoms with van der Waals surface area (Å²) in [6.45, 7) is 7.22. The van der Waals surface area contributed by atoms with Crippen molar-refractivity contribution in [1.29, 1.82) is 0 Å². The van der Waals surface area contributed by atoms with Crippen molar-refractivity contribution in [2.75, 3.05) is 13.7 Å². The van der Waals surface area contributed by atoms with Crippen LogP contribution in [0, 0.1) is 5.92 Å². The highest BCUT2D eigenvalue weighted by Gasteiger charge is 2.22. The van der Waals surface area contributed by atoms with Crippen LogP contribution in [0.15, 0.2) is 10.3 Å². The molecule has 0 radical (unpaired) electrons. The lowest BCUT2D eigenvalue weighted by Gasteiger charge is -2.29. The normalized spacial score (nSPS) is 21.7. The van der Waals surface area contributed by atoms with Gasteiger partial charge in [-0.1, -0.05) is 19.1 Å². The summed E-state index contributed by atoms with van der Waals surface area (Å²) < 4.78 is 0. The van der Waals surface area contributed by atoms with Gasteiger partial charge in [0.25, 0.3) is 0 Å². The highest BCUT2D eigenvalue weighted by atomic mass is 15.9. The van der Waals surface area contributed by atoms with Crippen LogP contribution in [0.1, 0.15) is 20.8 Å². The molecule has 1 atom stereocenters. The van der Waals surface area contributed by atoms with Gasteiger partial charge in [-0.15, -0.1) is 0 Å².